The van der Waals surface area contributed by atoms with Crippen LogP contribution in [0, 0.1) is 27.7 Å². The molecule has 0 N–H and O–H groups in total. The molecule has 15 aromatic rings. The van der Waals surface area contributed by atoms with Crippen LogP contribution >= 0.6 is 0 Å². The van der Waals surface area contributed by atoms with E-state index in [2.05, 4.69) is 277 Å². The highest BCUT2D eigenvalue weighted by molar-refractivity contribution is 6.39. The van der Waals surface area contributed by atoms with E-state index in [4.69, 9.17) is 0 Å². The van der Waals surface area contributed by atoms with Gasteiger partial charge in [-0.3, -0.25) is 0 Å². The Morgan fingerprint density at radius 1 is 0.284 bits per heavy atom. The first-order chi connectivity index (χ1) is 36.4. The fraction of sp³-hybridized carbons (Fsp3) is 0.0571. The molecule has 0 amide bonds. The molecule has 4 heteroatoms. The maximum Gasteiger partial charge on any atom is 0.0642 e. The molecular formula is C70H50N4. The standard InChI is InChI=1S/C70H50N4/c1-43-33-37-55(45(3)41-43)71(49-25-13-7-14-26-49)59-39-35-53-65-61(47-21-9-5-10-22-47)70-66(62(48-23-11-6-12-24-48)69(65)73-57-31-19-17-29-51(57)63(59)67(53)73)54-36-40-60(64-52-30-18-20-32-58(52)74(70)68(54)64)72(50-27-15-8-16-28-50)56-38-34-44(2)42-46(56)4/h5-42H,1-4H3. The molecule has 74 heavy (non-hydrogen) atoms. The summed E-state index contributed by atoms with van der Waals surface area (Å²) in [5.74, 6) is 0. The number of fused-ring (bicyclic) bond motifs is 12. The molecule has 0 bridgehead atoms. The number of para-hydroxylation sites is 4. The fourth-order valence-corrected chi connectivity index (χ4v) is 12.9. The average Bonchev–Trinajstić information content (AvgIpc) is 4.19. The van der Waals surface area contributed by atoms with E-state index in [1.54, 1.807) is 0 Å². The van der Waals surface area contributed by atoms with Crippen LogP contribution in [0.2, 0.25) is 0 Å². The van der Waals surface area contributed by atoms with Crippen LogP contribution in [0.5, 0.6) is 0 Å². The first kappa shape index (κ1) is 42.3. The number of rotatable bonds is 8. The van der Waals surface area contributed by atoms with Gasteiger partial charge in [0.15, 0.2) is 0 Å². The van der Waals surface area contributed by atoms with Crippen molar-refractivity contribution < 1.29 is 0 Å². The molecule has 0 atom stereocenters. The summed E-state index contributed by atoms with van der Waals surface area (Å²) >= 11 is 0. The maximum absolute atomic E-state index is 2.63. The van der Waals surface area contributed by atoms with Gasteiger partial charge in [-0.05, 0) is 111 Å². The Balaban J connectivity index is 1.17. The third-order valence-corrected chi connectivity index (χ3v) is 15.8. The minimum Gasteiger partial charge on any atom is -0.310 e. The zero-order valence-electron chi connectivity index (χ0n) is 41.7. The lowest BCUT2D eigenvalue weighted by Gasteiger charge is -2.28. The third kappa shape index (κ3) is 5.91. The van der Waals surface area contributed by atoms with E-state index in [9.17, 15) is 0 Å². The Bertz CT molecular complexity index is 4380. The van der Waals surface area contributed by atoms with Gasteiger partial charge in [-0.15, -0.1) is 0 Å². The average molecular weight is 947 g/mol. The van der Waals surface area contributed by atoms with Crippen LogP contribution in [-0.4, -0.2) is 8.80 Å². The highest BCUT2D eigenvalue weighted by Crippen LogP contribution is 2.57. The SMILES string of the molecule is Cc1ccc(N(c2ccccc2)c2ccc3c4c(-c5ccccc5)c5c(c(-c6ccccc6)c4n4c6ccccc6c2c34)c2ccc(N(c3ccccc3)c3ccc(C)cc3C)c3c4ccccc4n5c23)c(C)c1. The van der Waals surface area contributed by atoms with Gasteiger partial charge >= 0.3 is 0 Å². The predicted octanol–water partition coefficient (Wildman–Crippen LogP) is 19.5. The molecule has 4 aromatic heterocycles. The summed E-state index contributed by atoms with van der Waals surface area (Å²) in [5, 5.41) is 9.91. The number of anilines is 6. The van der Waals surface area contributed by atoms with Crippen molar-refractivity contribution >= 4 is 110 Å². The highest BCUT2D eigenvalue weighted by Gasteiger charge is 2.33. The van der Waals surface area contributed by atoms with E-state index >= 15 is 0 Å². The smallest absolute Gasteiger partial charge is 0.0642 e. The molecule has 0 aliphatic rings. The van der Waals surface area contributed by atoms with Crippen molar-refractivity contribution in [1.29, 1.82) is 0 Å². The number of hydrogen-bond donors (Lipinski definition) is 0. The molecule has 11 aromatic carbocycles. The molecular weight excluding hydrogens is 897 g/mol. The van der Waals surface area contributed by atoms with Crippen LogP contribution in [-0.2, 0) is 0 Å². The van der Waals surface area contributed by atoms with E-state index in [-0.39, 0.29) is 0 Å². The first-order valence-electron chi connectivity index (χ1n) is 25.8. The van der Waals surface area contributed by atoms with Crippen molar-refractivity contribution in [2.45, 2.75) is 27.7 Å². The van der Waals surface area contributed by atoms with Crippen molar-refractivity contribution in [3.05, 3.63) is 253 Å². The number of hydrogen-bond acceptors (Lipinski definition) is 2. The summed E-state index contributed by atoms with van der Waals surface area (Å²) < 4.78 is 5.27. The van der Waals surface area contributed by atoms with Crippen molar-refractivity contribution in [3.63, 3.8) is 0 Å². The molecule has 0 saturated carbocycles. The number of benzene rings is 11. The Kier molecular flexibility index (Phi) is 9.19. The topological polar surface area (TPSA) is 15.3 Å². The van der Waals surface area contributed by atoms with E-state index in [0.29, 0.717) is 0 Å². The predicted molar refractivity (Wildman–Crippen MR) is 315 cm³/mol. The van der Waals surface area contributed by atoms with E-state index in [1.165, 1.54) is 132 Å². The van der Waals surface area contributed by atoms with Crippen molar-refractivity contribution in [2.75, 3.05) is 9.80 Å². The zero-order chi connectivity index (χ0) is 49.3. The number of aromatic nitrogens is 2. The van der Waals surface area contributed by atoms with Crippen LogP contribution in [0.4, 0.5) is 34.1 Å². The second kappa shape index (κ2) is 16.1. The summed E-state index contributed by atoms with van der Waals surface area (Å²) in [5.41, 5.74) is 24.0. The van der Waals surface area contributed by atoms with Crippen LogP contribution in [0.15, 0.2) is 231 Å². The molecule has 0 radical (unpaired) electrons. The van der Waals surface area contributed by atoms with Gasteiger partial charge in [-0.2, -0.15) is 0 Å². The van der Waals surface area contributed by atoms with Crippen LogP contribution in [0.3, 0.4) is 0 Å². The summed E-state index contributed by atoms with van der Waals surface area (Å²) in [7, 11) is 0. The molecule has 0 aliphatic carbocycles. The molecule has 0 aliphatic heterocycles. The minimum atomic E-state index is 1.12. The highest BCUT2D eigenvalue weighted by atomic mass is 15.2. The zero-order valence-corrected chi connectivity index (χ0v) is 41.7. The lowest BCUT2D eigenvalue weighted by Crippen LogP contribution is -2.11. The molecule has 0 fully saturated rings. The minimum absolute atomic E-state index is 1.12. The van der Waals surface area contributed by atoms with Gasteiger partial charge in [0.1, 0.15) is 0 Å². The second-order valence-corrected chi connectivity index (χ2v) is 20.3. The van der Waals surface area contributed by atoms with Gasteiger partial charge in [0.2, 0.25) is 0 Å². The lowest BCUT2D eigenvalue weighted by atomic mass is 9.89. The van der Waals surface area contributed by atoms with Gasteiger partial charge in [-0.1, -0.05) is 181 Å². The largest absolute Gasteiger partial charge is 0.310 e. The van der Waals surface area contributed by atoms with Gasteiger partial charge < -0.3 is 18.6 Å². The molecule has 0 spiro atoms. The summed E-state index contributed by atoms with van der Waals surface area (Å²) in [4.78, 5) is 4.97. The normalized spacial score (nSPS) is 12.1. The van der Waals surface area contributed by atoms with E-state index in [1.807, 2.05) is 0 Å². The Morgan fingerprint density at radius 3 is 1.03 bits per heavy atom. The molecule has 0 unspecified atom stereocenters. The third-order valence-electron chi connectivity index (χ3n) is 15.8. The first-order valence-corrected chi connectivity index (χ1v) is 25.8. The van der Waals surface area contributed by atoms with Crippen molar-refractivity contribution in [2.24, 2.45) is 0 Å². The van der Waals surface area contributed by atoms with E-state index < -0.39 is 0 Å². The molecule has 15 rings (SSSR count). The Labute approximate surface area is 429 Å². The monoisotopic (exact) mass is 946 g/mol. The van der Waals surface area contributed by atoms with Crippen LogP contribution < -0.4 is 9.80 Å². The van der Waals surface area contributed by atoms with Crippen molar-refractivity contribution in [1.82, 2.24) is 8.80 Å². The van der Waals surface area contributed by atoms with Gasteiger partial charge in [-0.25, -0.2) is 0 Å². The maximum atomic E-state index is 2.63. The summed E-state index contributed by atoms with van der Waals surface area (Å²) in [6.07, 6.45) is 0. The molecule has 4 nitrogen and oxygen atoms in total. The second-order valence-electron chi connectivity index (χ2n) is 20.3. The molecule has 350 valence electrons. The summed E-state index contributed by atoms with van der Waals surface area (Å²) in [6, 6.07) is 85.7. The quantitative estimate of drug-likeness (QED) is 0.151. The fourth-order valence-electron chi connectivity index (χ4n) is 12.9. The Hall–Kier alpha value is -9.38. The molecule has 0 saturated heterocycles. The molecule has 4 heterocycles. The van der Waals surface area contributed by atoms with Crippen molar-refractivity contribution in [3.8, 4) is 22.3 Å². The van der Waals surface area contributed by atoms with Gasteiger partial charge in [0.25, 0.3) is 0 Å². The Morgan fingerprint density at radius 2 is 0.635 bits per heavy atom. The lowest BCUT2D eigenvalue weighted by molar-refractivity contribution is 1.25. The number of nitrogens with zero attached hydrogens (tertiary/aromatic N) is 4. The van der Waals surface area contributed by atoms with Gasteiger partial charge in [0.05, 0.1) is 44.5 Å². The van der Waals surface area contributed by atoms with Gasteiger partial charge in [0, 0.05) is 77.0 Å². The summed E-state index contributed by atoms with van der Waals surface area (Å²) in [6.45, 7) is 8.85. The van der Waals surface area contributed by atoms with Crippen LogP contribution in [0.1, 0.15) is 22.3 Å². The van der Waals surface area contributed by atoms with E-state index in [0.717, 1.165) is 22.7 Å². The van der Waals surface area contributed by atoms with Crippen LogP contribution in [0.25, 0.3) is 98.4 Å². The number of aryl methyl sites for hydroxylation is 4.